The van der Waals surface area contributed by atoms with E-state index in [0.717, 1.165) is 16.5 Å². The predicted octanol–water partition coefficient (Wildman–Crippen LogP) is 4.92. The fourth-order valence-corrected chi connectivity index (χ4v) is 4.11. The molecule has 0 saturated carbocycles. The van der Waals surface area contributed by atoms with Gasteiger partial charge in [-0.05, 0) is 88.0 Å². The van der Waals surface area contributed by atoms with Crippen LogP contribution in [-0.2, 0) is 6.42 Å². The number of hydrogen-bond donors (Lipinski definition) is 2. The maximum absolute atomic E-state index is 13.5. The molecule has 0 saturated heterocycles. The van der Waals surface area contributed by atoms with Gasteiger partial charge >= 0.3 is 0 Å². The van der Waals surface area contributed by atoms with E-state index in [9.17, 15) is 14.3 Å². The molecule has 0 aliphatic carbocycles. The number of carbonyl (C=O) groups is 1. The van der Waals surface area contributed by atoms with Gasteiger partial charge in [-0.1, -0.05) is 6.92 Å². The molecule has 144 valence electrons. The summed E-state index contributed by atoms with van der Waals surface area (Å²) in [4.78, 5) is 12.8. The predicted molar refractivity (Wildman–Crippen MR) is 109 cm³/mol. The topological polar surface area (TPSA) is 58.6 Å². The minimum Gasteiger partial charge on any atom is -0.484 e. The Hall–Kier alpha value is -1.44. The van der Waals surface area contributed by atoms with E-state index in [0.29, 0.717) is 16.9 Å². The number of fused-ring (bicyclic) bond motifs is 1. The molecule has 7 heteroatoms. The zero-order chi connectivity index (χ0) is 19.9. The number of nitrogens with one attached hydrogen (secondary N) is 1. The molecule has 0 unspecified atom stereocenters. The summed E-state index contributed by atoms with van der Waals surface area (Å²) in [5, 5.41) is 13.8. The van der Waals surface area contributed by atoms with Crippen LogP contribution < -0.4 is 10.1 Å². The number of hydrogen-bond acceptors (Lipinski definition) is 3. The molecule has 2 atom stereocenters. The molecule has 2 aromatic carbocycles. The zero-order valence-electron chi connectivity index (χ0n) is 15.1. The fourth-order valence-electron chi connectivity index (χ4n) is 3.13. The lowest BCUT2D eigenvalue weighted by Crippen LogP contribution is -2.53. The molecule has 4 nitrogen and oxygen atoms in total. The van der Waals surface area contributed by atoms with Crippen molar-refractivity contribution < 1.29 is 19.0 Å². The summed E-state index contributed by atoms with van der Waals surface area (Å²) in [6.45, 7) is 5.57. The third-order valence-corrected chi connectivity index (χ3v) is 5.93. The first-order chi connectivity index (χ1) is 12.6. The molecular formula is C20H20Br2FNO3. The Morgan fingerprint density at radius 3 is 2.59 bits per heavy atom. The van der Waals surface area contributed by atoms with Crippen molar-refractivity contribution in [3.63, 3.8) is 0 Å². The minimum absolute atomic E-state index is 0.208. The second-order valence-electron chi connectivity index (χ2n) is 7.08. The first-order valence-corrected chi connectivity index (χ1v) is 10.2. The Kier molecular flexibility index (Phi) is 5.66. The van der Waals surface area contributed by atoms with E-state index in [1.54, 1.807) is 13.8 Å². The van der Waals surface area contributed by atoms with E-state index < -0.39 is 29.5 Å². The monoisotopic (exact) mass is 499 g/mol. The third kappa shape index (κ3) is 3.91. The lowest BCUT2D eigenvalue weighted by atomic mass is 9.85. The molecule has 2 N–H and O–H groups in total. The number of aryl methyl sites for hydroxylation is 1. The number of aliphatic hydroxyl groups is 1. The quantitative estimate of drug-likeness (QED) is 0.629. The van der Waals surface area contributed by atoms with Crippen LogP contribution in [0.1, 0.15) is 48.3 Å². The molecule has 27 heavy (non-hydrogen) atoms. The standard InChI is InChI=1S/C20H20Br2FNO3/c1-4-10-7-12-16(18(25)20(2,3)27-17(12)14(22)8-10)24-19(26)11-5-6-15(23)13(21)9-11/h5-9,16,18,25H,4H2,1-3H3,(H,24,26)/t16-,18+/m0/s1. The van der Waals surface area contributed by atoms with E-state index in [1.165, 1.54) is 18.2 Å². The van der Waals surface area contributed by atoms with Crippen molar-refractivity contribution in [2.45, 2.75) is 44.9 Å². The Bertz CT molecular complexity index is 901. The molecule has 0 spiro atoms. The lowest BCUT2D eigenvalue weighted by molar-refractivity contribution is -0.0632. The van der Waals surface area contributed by atoms with Gasteiger partial charge in [0.2, 0.25) is 0 Å². The van der Waals surface area contributed by atoms with Gasteiger partial charge in [-0.2, -0.15) is 0 Å². The molecule has 3 rings (SSSR count). The van der Waals surface area contributed by atoms with Gasteiger partial charge in [-0.3, -0.25) is 4.79 Å². The van der Waals surface area contributed by atoms with Gasteiger partial charge in [0.05, 0.1) is 15.0 Å². The molecule has 1 aliphatic heterocycles. The molecule has 1 aliphatic rings. The first-order valence-electron chi connectivity index (χ1n) is 8.59. The maximum atomic E-state index is 13.5. The molecule has 0 bridgehead atoms. The highest BCUT2D eigenvalue weighted by atomic mass is 79.9. The van der Waals surface area contributed by atoms with Crippen molar-refractivity contribution in [3.05, 3.63) is 61.8 Å². The van der Waals surface area contributed by atoms with Gasteiger partial charge in [0.25, 0.3) is 5.91 Å². The largest absolute Gasteiger partial charge is 0.484 e. The molecule has 0 aromatic heterocycles. The number of carbonyl (C=O) groups excluding carboxylic acids is 1. The fraction of sp³-hybridized carbons (Fsp3) is 0.350. The SMILES string of the molecule is CCc1cc(Br)c2c(c1)[C@H](NC(=O)c1ccc(F)c(Br)c1)[C@@H](O)C(C)(C)O2. The maximum Gasteiger partial charge on any atom is 0.251 e. The molecular weight excluding hydrogens is 481 g/mol. The van der Waals surface area contributed by atoms with Gasteiger partial charge in [0, 0.05) is 11.1 Å². The number of aliphatic hydroxyl groups excluding tert-OH is 1. The zero-order valence-corrected chi connectivity index (χ0v) is 18.3. The van der Waals surface area contributed by atoms with Crippen LogP contribution in [0.5, 0.6) is 5.75 Å². The van der Waals surface area contributed by atoms with E-state index in [2.05, 4.69) is 37.2 Å². The van der Waals surface area contributed by atoms with Gasteiger partial charge in [-0.15, -0.1) is 0 Å². The summed E-state index contributed by atoms with van der Waals surface area (Å²) in [6, 6.07) is 7.30. The third-order valence-electron chi connectivity index (χ3n) is 4.74. The van der Waals surface area contributed by atoms with Crippen LogP contribution >= 0.6 is 31.9 Å². The van der Waals surface area contributed by atoms with Crippen LogP contribution in [0, 0.1) is 5.82 Å². The lowest BCUT2D eigenvalue weighted by Gasteiger charge is -2.42. The van der Waals surface area contributed by atoms with E-state index >= 15 is 0 Å². The van der Waals surface area contributed by atoms with E-state index in [4.69, 9.17) is 4.74 Å². The Morgan fingerprint density at radius 2 is 1.96 bits per heavy atom. The average molecular weight is 501 g/mol. The number of rotatable bonds is 3. The van der Waals surface area contributed by atoms with Crippen molar-refractivity contribution in [3.8, 4) is 5.75 Å². The van der Waals surface area contributed by atoms with Crippen LogP contribution in [-0.4, -0.2) is 22.7 Å². The highest BCUT2D eigenvalue weighted by Gasteiger charge is 2.44. The molecule has 0 radical (unpaired) electrons. The Labute approximate surface area is 174 Å². The average Bonchev–Trinajstić information content (AvgIpc) is 2.61. The van der Waals surface area contributed by atoms with Crippen molar-refractivity contribution in [2.75, 3.05) is 0 Å². The van der Waals surface area contributed by atoms with Crippen LogP contribution in [0.15, 0.2) is 39.3 Å². The highest BCUT2D eigenvalue weighted by molar-refractivity contribution is 9.10. The van der Waals surface area contributed by atoms with Crippen molar-refractivity contribution in [2.24, 2.45) is 0 Å². The molecule has 0 fully saturated rings. The number of halogens is 3. The van der Waals surface area contributed by atoms with E-state index in [1.807, 2.05) is 19.1 Å². The second-order valence-corrected chi connectivity index (χ2v) is 8.79. The van der Waals surface area contributed by atoms with Gasteiger partial charge in [0.1, 0.15) is 23.3 Å². The van der Waals surface area contributed by atoms with Crippen LogP contribution in [0.25, 0.3) is 0 Å². The van der Waals surface area contributed by atoms with Crippen molar-refractivity contribution >= 4 is 37.8 Å². The second kappa shape index (κ2) is 7.53. The van der Waals surface area contributed by atoms with Gasteiger partial charge in [-0.25, -0.2) is 4.39 Å². The Morgan fingerprint density at radius 1 is 1.26 bits per heavy atom. The summed E-state index contributed by atoms with van der Waals surface area (Å²) >= 11 is 6.63. The van der Waals surface area contributed by atoms with Gasteiger partial charge < -0.3 is 15.2 Å². The summed E-state index contributed by atoms with van der Waals surface area (Å²) in [7, 11) is 0. The van der Waals surface area contributed by atoms with Crippen molar-refractivity contribution in [1.82, 2.24) is 5.32 Å². The van der Waals surface area contributed by atoms with Gasteiger partial charge in [0.15, 0.2) is 0 Å². The smallest absolute Gasteiger partial charge is 0.251 e. The first kappa shape index (κ1) is 20.3. The number of benzene rings is 2. The summed E-state index contributed by atoms with van der Waals surface area (Å²) < 4.78 is 20.5. The normalized spacial score (nSPS) is 20.6. The van der Waals surface area contributed by atoms with E-state index in [-0.39, 0.29) is 4.47 Å². The number of amides is 1. The Balaban J connectivity index is 2.02. The molecule has 1 amide bonds. The summed E-state index contributed by atoms with van der Waals surface area (Å²) in [6.07, 6.45) is -0.159. The van der Waals surface area contributed by atoms with Crippen molar-refractivity contribution in [1.29, 1.82) is 0 Å². The minimum atomic E-state index is -0.961. The molecule has 1 heterocycles. The van der Waals surface area contributed by atoms with Crippen LogP contribution in [0.4, 0.5) is 4.39 Å². The highest BCUT2D eigenvalue weighted by Crippen LogP contribution is 2.44. The molecule has 2 aromatic rings. The summed E-state index contributed by atoms with van der Waals surface area (Å²) in [5.74, 6) is -0.241. The van der Waals surface area contributed by atoms with Crippen LogP contribution in [0.3, 0.4) is 0 Å². The summed E-state index contributed by atoms with van der Waals surface area (Å²) in [5.41, 5.74) is 1.17. The van der Waals surface area contributed by atoms with Crippen LogP contribution in [0.2, 0.25) is 0 Å². The number of ether oxygens (including phenoxy) is 1.